The molecule has 0 atom stereocenters. The number of aromatic amines is 1. The van der Waals surface area contributed by atoms with Crippen LogP contribution in [0, 0.1) is 0 Å². The van der Waals surface area contributed by atoms with Crippen LogP contribution >= 0.6 is 0 Å². The molecule has 82 valence electrons. The zero-order valence-corrected chi connectivity index (χ0v) is 8.90. The van der Waals surface area contributed by atoms with Gasteiger partial charge in [0.15, 0.2) is 11.6 Å². The van der Waals surface area contributed by atoms with Crippen molar-refractivity contribution in [1.82, 2.24) is 4.98 Å². The molecule has 0 radical (unpaired) electrons. The molecular formula is C13H13NO2. The van der Waals surface area contributed by atoms with Crippen molar-refractivity contribution in [3.8, 4) is 0 Å². The van der Waals surface area contributed by atoms with Gasteiger partial charge in [-0.25, -0.2) is 0 Å². The van der Waals surface area contributed by atoms with Crippen LogP contribution in [0.1, 0.15) is 29.6 Å². The van der Waals surface area contributed by atoms with Gasteiger partial charge >= 0.3 is 0 Å². The molecular weight excluding hydrogens is 202 g/mol. The van der Waals surface area contributed by atoms with Crippen LogP contribution in [0.2, 0.25) is 0 Å². The molecule has 0 fully saturated rings. The van der Waals surface area contributed by atoms with Crippen LogP contribution in [-0.2, 0) is 4.79 Å². The number of Topliss-reactive ketones (excluding diaryl/α,β-unsaturated/α-hetero) is 2. The summed E-state index contributed by atoms with van der Waals surface area (Å²) in [5, 5.41) is 0. The van der Waals surface area contributed by atoms with E-state index < -0.39 is 0 Å². The maximum Gasteiger partial charge on any atom is 0.164 e. The van der Waals surface area contributed by atoms with Gasteiger partial charge < -0.3 is 4.98 Å². The molecule has 1 N–H and O–H groups in total. The summed E-state index contributed by atoms with van der Waals surface area (Å²) in [6.07, 6.45) is 10.4. The molecule has 2 rings (SSSR count). The first kappa shape index (κ1) is 10.6. The smallest absolute Gasteiger partial charge is 0.164 e. The first-order chi connectivity index (χ1) is 7.77. The highest BCUT2D eigenvalue weighted by Gasteiger charge is 2.12. The highest BCUT2D eigenvalue weighted by molar-refractivity contribution is 6.03. The fourth-order valence-electron chi connectivity index (χ4n) is 1.68. The van der Waals surface area contributed by atoms with Crippen LogP contribution in [-0.4, -0.2) is 16.6 Å². The van der Waals surface area contributed by atoms with Gasteiger partial charge in [0.05, 0.1) is 0 Å². The van der Waals surface area contributed by atoms with Gasteiger partial charge in [-0.3, -0.25) is 9.59 Å². The molecule has 0 bridgehead atoms. The maximum atomic E-state index is 11.6. The Morgan fingerprint density at radius 3 is 2.69 bits per heavy atom. The Balaban J connectivity index is 1.86. The van der Waals surface area contributed by atoms with E-state index >= 15 is 0 Å². The maximum absolute atomic E-state index is 11.6. The lowest BCUT2D eigenvalue weighted by molar-refractivity contribution is -0.115. The first-order valence-electron chi connectivity index (χ1n) is 5.33. The Hall–Kier alpha value is -1.90. The Morgan fingerprint density at radius 2 is 2.06 bits per heavy atom. The normalized spacial score (nSPS) is 13.9. The second-order valence-electron chi connectivity index (χ2n) is 3.74. The third-order valence-corrected chi connectivity index (χ3v) is 2.59. The molecule has 0 saturated carbocycles. The molecule has 0 aromatic carbocycles. The summed E-state index contributed by atoms with van der Waals surface area (Å²) in [6, 6.07) is 1.72. The van der Waals surface area contributed by atoms with E-state index in [-0.39, 0.29) is 18.0 Å². The number of H-pyrrole nitrogens is 1. The van der Waals surface area contributed by atoms with Crippen LogP contribution in [0.25, 0.3) is 0 Å². The molecule has 1 aromatic heterocycles. The largest absolute Gasteiger partial charge is 0.367 e. The lowest BCUT2D eigenvalue weighted by Crippen LogP contribution is -2.05. The zero-order valence-electron chi connectivity index (χ0n) is 8.90. The standard InChI is InChI=1S/C13H13NO2/c15-12(10-3-1-2-4-10)5-6-13(16)11-7-8-14-9-11/h1,3-4,7-9,14H,2,5-6H2. The topological polar surface area (TPSA) is 49.9 Å². The van der Waals surface area contributed by atoms with E-state index in [9.17, 15) is 9.59 Å². The van der Waals surface area contributed by atoms with Crippen molar-refractivity contribution in [2.75, 3.05) is 0 Å². The van der Waals surface area contributed by atoms with E-state index in [1.54, 1.807) is 18.5 Å². The molecule has 1 aliphatic rings. The molecule has 0 unspecified atom stereocenters. The summed E-state index contributed by atoms with van der Waals surface area (Å²) in [6.45, 7) is 0. The van der Waals surface area contributed by atoms with Crippen LogP contribution in [0.15, 0.2) is 42.3 Å². The lowest BCUT2D eigenvalue weighted by atomic mass is 10.0. The van der Waals surface area contributed by atoms with Crippen molar-refractivity contribution in [2.24, 2.45) is 0 Å². The van der Waals surface area contributed by atoms with Crippen molar-refractivity contribution in [3.63, 3.8) is 0 Å². The highest BCUT2D eigenvalue weighted by atomic mass is 16.1. The molecule has 1 aliphatic carbocycles. The van der Waals surface area contributed by atoms with E-state index in [0.717, 1.165) is 12.0 Å². The fourth-order valence-corrected chi connectivity index (χ4v) is 1.68. The fraction of sp³-hybridized carbons (Fsp3) is 0.231. The Labute approximate surface area is 93.9 Å². The van der Waals surface area contributed by atoms with Crippen LogP contribution in [0.4, 0.5) is 0 Å². The third kappa shape index (κ3) is 2.37. The minimum Gasteiger partial charge on any atom is -0.367 e. The number of carbonyl (C=O) groups is 2. The quantitative estimate of drug-likeness (QED) is 0.767. The number of nitrogens with one attached hydrogen (secondary N) is 1. The van der Waals surface area contributed by atoms with Gasteiger partial charge in [-0.15, -0.1) is 0 Å². The Bertz CT molecular complexity index is 452. The van der Waals surface area contributed by atoms with Crippen LogP contribution in [0.5, 0.6) is 0 Å². The van der Waals surface area contributed by atoms with Gasteiger partial charge in [0.1, 0.15) is 0 Å². The van der Waals surface area contributed by atoms with Gasteiger partial charge in [0.25, 0.3) is 0 Å². The number of rotatable bonds is 5. The average Bonchev–Trinajstić information content (AvgIpc) is 2.95. The molecule has 3 nitrogen and oxygen atoms in total. The van der Waals surface area contributed by atoms with Crippen molar-refractivity contribution in [3.05, 3.63) is 47.8 Å². The molecule has 0 spiro atoms. The SMILES string of the molecule is O=C(CCC(=O)c1cc[nH]c1)C1=CCC=C1. The first-order valence-corrected chi connectivity index (χ1v) is 5.33. The van der Waals surface area contributed by atoms with Crippen molar-refractivity contribution in [1.29, 1.82) is 0 Å². The van der Waals surface area contributed by atoms with Gasteiger partial charge in [0, 0.05) is 36.4 Å². The Kier molecular flexibility index (Phi) is 3.15. The molecule has 0 aliphatic heterocycles. The van der Waals surface area contributed by atoms with Gasteiger partial charge in [0.2, 0.25) is 0 Å². The molecule has 1 heterocycles. The second-order valence-corrected chi connectivity index (χ2v) is 3.74. The molecule has 1 aromatic rings. The monoisotopic (exact) mass is 215 g/mol. The Morgan fingerprint density at radius 1 is 1.25 bits per heavy atom. The third-order valence-electron chi connectivity index (χ3n) is 2.59. The molecule has 16 heavy (non-hydrogen) atoms. The number of allylic oxidation sites excluding steroid dienone is 4. The van der Waals surface area contributed by atoms with Gasteiger partial charge in [-0.05, 0) is 12.5 Å². The summed E-state index contributed by atoms with van der Waals surface area (Å²) in [5.74, 6) is 0.0646. The zero-order chi connectivity index (χ0) is 11.4. The highest BCUT2D eigenvalue weighted by Crippen LogP contribution is 2.13. The van der Waals surface area contributed by atoms with Gasteiger partial charge in [-0.2, -0.15) is 0 Å². The molecule has 0 amide bonds. The summed E-state index contributed by atoms with van der Waals surface area (Å²) in [4.78, 5) is 26.1. The summed E-state index contributed by atoms with van der Waals surface area (Å²) >= 11 is 0. The van der Waals surface area contributed by atoms with Crippen molar-refractivity contribution >= 4 is 11.6 Å². The summed E-state index contributed by atoms with van der Waals surface area (Å²) < 4.78 is 0. The van der Waals surface area contributed by atoms with E-state index in [4.69, 9.17) is 0 Å². The predicted octanol–water partition coefficient (Wildman–Crippen LogP) is 2.43. The van der Waals surface area contributed by atoms with Crippen molar-refractivity contribution < 1.29 is 9.59 Å². The number of hydrogen-bond acceptors (Lipinski definition) is 2. The number of aromatic nitrogens is 1. The minimum atomic E-state index is 0.0113. The lowest BCUT2D eigenvalue weighted by Gasteiger charge is -1.98. The van der Waals surface area contributed by atoms with Gasteiger partial charge in [-0.1, -0.05) is 18.2 Å². The van der Waals surface area contributed by atoms with Crippen LogP contribution < -0.4 is 0 Å². The number of carbonyl (C=O) groups excluding carboxylic acids is 2. The minimum absolute atomic E-state index is 0.0113. The summed E-state index contributed by atoms with van der Waals surface area (Å²) in [7, 11) is 0. The van der Waals surface area contributed by atoms with Crippen LogP contribution in [0.3, 0.4) is 0 Å². The second kappa shape index (κ2) is 4.75. The average molecular weight is 215 g/mol. The number of hydrogen-bond donors (Lipinski definition) is 1. The van der Waals surface area contributed by atoms with E-state index in [0.29, 0.717) is 12.0 Å². The van der Waals surface area contributed by atoms with E-state index in [1.807, 2.05) is 18.2 Å². The van der Waals surface area contributed by atoms with E-state index in [2.05, 4.69) is 4.98 Å². The van der Waals surface area contributed by atoms with E-state index in [1.165, 1.54) is 0 Å². The number of ketones is 2. The summed E-state index contributed by atoms with van der Waals surface area (Å²) in [5.41, 5.74) is 1.38. The molecule has 0 saturated heterocycles. The predicted molar refractivity (Wildman–Crippen MR) is 61.2 cm³/mol. The van der Waals surface area contributed by atoms with Crippen molar-refractivity contribution in [2.45, 2.75) is 19.3 Å². The molecule has 3 heteroatoms.